The van der Waals surface area contributed by atoms with Crippen molar-refractivity contribution in [2.24, 2.45) is 5.92 Å². The first kappa shape index (κ1) is 16.1. The first-order chi connectivity index (χ1) is 9.90. The Morgan fingerprint density at radius 1 is 1.33 bits per heavy atom. The molecule has 0 aliphatic carbocycles. The molecule has 0 bridgehead atoms. The highest BCUT2D eigenvalue weighted by Crippen LogP contribution is 2.34. The number of anilines is 1. The van der Waals surface area contributed by atoms with Crippen LogP contribution in [0.2, 0.25) is 0 Å². The number of likely N-dealkylation sites (tertiary alicyclic amines) is 1. The largest absolute Gasteiger partial charge is 0.416 e. The quantitative estimate of drug-likeness (QED) is 0.841. The number of hydrogen-bond donors (Lipinski definition) is 2. The summed E-state index contributed by atoms with van der Waals surface area (Å²) >= 11 is 0. The normalized spacial score (nSPS) is 20.7. The molecule has 3 N–H and O–H groups in total. The van der Waals surface area contributed by atoms with Crippen molar-refractivity contribution >= 4 is 5.69 Å². The van der Waals surface area contributed by atoms with E-state index in [0.717, 1.165) is 32.0 Å². The monoisotopic (exact) mass is 302 g/mol. The molecule has 0 amide bonds. The van der Waals surface area contributed by atoms with Crippen molar-refractivity contribution in [2.45, 2.75) is 32.0 Å². The molecule has 1 aliphatic rings. The van der Waals surface area contributed by atoms with Crippen LogP contribution in [0.4, 0.5) is 18.9 Å². The fourth-order valence-electron chi connectivity index (χ4n) is 2.95. The number of alkyl halides is 3. The molecule has 1 aliphatic heterocycles. The molecule has 1 atom stereocenters. The minimum Gasteiger partial charge on any atom is -0.399 e. The summed E-state index contributed by atoms with van der Waals surface area (Å²) in [6.07, 6.45) is -1.68. The van der Waals surface area contributed by atoms with Crippen LogP contribution in [0, 0.1) is 5.92 Å². The van der Waals surface area contributed by atoms with E-state index in [0.29, 0.717) is 12.3 Å². The first-order valence-electron chi connectivity index (χ1n) is 7.19. The van der Waals surface area contributed by atoms with Crippen LogP contribution in [-0.4, -0.2) is 29.7 Å². The van der Waals surface area contributed by atoms with E-state index >= 15 is 0 Å². The lowest BCUT2D eigenvalue weighted by atomic mass is 9.94. The van der Waals surface area contributed by atoms with Crippen LogP contribution in [0.1, 0.15) is 30.4 Å². The van der Waals surface area contributed by atoms with Gasteiger partial charge in [0.1, 0.15) is 0 Å². The van der Waals surface area contributed by atoms with Crippen LogP contribution in [0.5, 0.6) is 0 Å². The zero-order valence-electron chi connectivity index (χ0n) is 11.9. The fourth-order valence-corrected chi connectivity index (χ4v) is 2.95. The summed E-state index contributed by atoms with van der Waals surface area (Å²) in [7, 11) is 0. The third kappa shape index (κ3) is 4.35. The zero-order valence-corrected chi connectivity index (χ0v) is 11.9. The van der Waals surface area contributed by atoms with Crippen molar-refractivity contribution in [1.82, 2.24) is 4.90 Å². The Bertz CT molecular complexity index is 474. The van der Waals surface area contributed by atoms with Crippen molar-refractivity contribution < 1.29 is 18.3 Å². The Morgan fingerprint density at radius 2 is 2.10 bits per heavy atom. The van der Waals surface area contributed by atoms with Crippen molar-refractivity contribution in [1.29, 1.82) is 0 Å². The second-order valence-electron chi connectivity index (χ2n) is 5.67. The summed E-state index contributed by atoms with van der Waals surface area (Å²) in [4.78, 5) is 2.03. The number of nitrogen functional groups attached to an aromatic ring is 1. The highest BCUT2D eigenvalue weighted by atomic mass is 19.4. The lowest BCUT2D eigenvalue weighted by Crippen LogP contribution is -2.35. The number of nitrogens with two attached hydrogens (primary N) is 1. The lowest BCUT2D eigenvalue weighted by molar-refractivity contribution is -0.138. The Labute approximate surface area is 122 Å². The number of nitrogens with zero attached hydrogens (tertiary/aromatic N) is 1. The van der Waals surface area contributed by atoms with E-state index < -0.39 is 11.7 Å². The van der Waals surface area contributed by atoms with Crippen molar-refractivity contribution in [3.05, 3.63) is 29.3 Å². The van der Waals surface area contributed by atoms with Gasteiger partial charge in [0.2, 0.25) is 0 Å². The zero-order chi connectivity index (χ0) is 15.5. The second kappa shape index (κ2) is 6.66. The molecule has 6 heteroatoms. The molecule has 1 aromatic carbocycles. The van der Waals surface area contributed by atoms with Gasteiger partial charge in [-0.2, -0.15) is 13.2 Å². The number of rotatable bonds is 4. The lowest BCUT2D eigenvalue weighted by Gasteiger charge is -2.33. The van der Waals surface area contributed by atoms with Crippen LogP contribution >= 0.6 is 0 Å². The van der Waals surface area contributed by atoms with Gasteiger partial charge in [0.05, 0.1) is 5.56 Å². The van der Waals surface area contributed by atoms with E-state index in [1.165, 1.54) is 12.1 Å². The molecule has 0 aromatic heterocycles. The van der Waals surface area contributed by atoms with Crippen LogP contribution in [0.25, 0.3) is 0 Å². The number of hydrogen-bond acceptors (Lipinski definition) is 3. The molecule has 118 valence electrons. The first-order valence-corrected chi connectivity index (χ1v) is 7.19. The minimum atomic E-state index is -4.38. The average molecular weight is 302 g/mol. The molecular formula is C15H21F3N2O. The number of aliphatic hydroxyl groups is 1. The van der Waals surface area contributed by atoms with Crippen LogP contribution in [-0.2, 0) is 12.7 Å². The van der Waals surface area contributed by atoms with Gasteiger partial charge < -0.3 is 10.8 Å². The number of halogens is 3. The highest BCUT2D eigenvalue weighted by molar-refractivity contribution is 5.46. The molecule has 2 rings (SSSR count). The number of piperidine rings is 1. The van der Waals surface area contributed by atoms with Gasteiger partial charge in [-0.1, -0.05) is 6.07 Å². The SMILES string of the molecule is Nc1ccc(CN2CCCC(CCO)C2)c(C(F)(F)F)c1. The van der Waals surface area contributed by atoms with Gasteiger partial charge in [-0.25, -0.2) is 0 Å². The van der Waals surface area contributed by atoms with Crippen LogP contribution < -0.4 is 5.73 Å². The van der Waals surface area contributed by atoms with E-state index in [2.05, 4.69) is 0 Å². The molecule has 0 radical (unpaired) electrons. The molecule has 1 saturated heterocycles. The van der Waals surface area contributed by atoms with Crippen molar-refractivity contribution in [3.8, 4) is 0 Å². The topological polar surface area (TPSA) is 49.5 Å². The van der Waals surface area contributed by atoms with Gasteiger partial charge in [-0.3, -0.25) is 4.90 Å². The Kier molecular flexibility index (Phi) is 5.11. The molecule has 0 saturated carbocycles. The molecular weight excluding hydrogens is 281 g/mol. The number of aliphatic hydroxyl groups excluding tert-OH is 1. The minimum absolute atomic E-state index is 0.128. The summed E-state index contributed by atoms with van der Waals surface area (Å²) < 4.78 is 39.2. The van der Waals surface area contributed by atoms with E-state index in [9.17, 15) is 13.2 Å². The standard InChI is InChI=1S/C15H21F3N2O/c16-15(17,18)14-8-13(19)4-3-12(14)10-20-6-1-2-11(9-20)5-7-21/h3-4,8,11,21H,1-2,5-7,9-10,19H2. The maximum absolute atomic E-state index is 13.1. The predicted molar refractivity (Wildman–Crippen MR) is 75.6 cm³/mol. The fraction of sp³-hybridized carbons (Fsp3) is 0.600. The molecule has 21 heavy (non-hydrogen) atoms. The maximum atomic E-state index is 13.1. The predicted octanol–water partition coefficient (Wildman–Crippen LogP) is 2.88. The maximum Gasteiger partial charge on any atom is 0.416 e. The van der Waals surface area contributed by atoms with Gasteiger partial charge >= 0.3 is 6.18 Å². The van der Waals surface area contributed by atoms with E-state index in [1.54, 1.807) is 0 Å². The van der Waals surface area contributed by atoms with Gasteiger partial charge in [0.15, 0.2) is 0 Å². The van der Waals surface area contributed by atoms with E-state index in [1.807, 2.05) is 4.90 Å². The van der Waals surface area contributed by atoms with Gasteiger partial charge in [0.25, 0.3) is 0 Å². The number of benzene rings is 1. The third-order valence-corrected chi connectivity index (χ3v) is 3.97. The Balaban J connectivity index is 2.12. The molecule has 1 unspecified atom stereocenters. The van der Waals surface area contributed by atoms with E-state index in [4.69, 9.17) is 10.8 Å². The average Bonchev–Trinajstić information content (AvgIpc) is 2.40. The highest BCUT2D eigenvalue weighted by Gasteiger charge is 2.34. The van der Waals surface area contributed by atoms with Gasteiger partial charge in [-0.15, -0.1) is 0 Å². The Morgan fingerprint density at radius 3 is 2.76 bits per heavy atom. The smallest absolute Gasteiger partial charge is 0.399 e. The summed E-state index contributed by atoms with van der Waals surface area (Å²) in [5.74, 6) is 0.367. The van der Waals surface area contributed by atoms with Gasteiger partial charge in [0, 0.05) is 25.4 Å². The molecule has 0 spiro atoms. The van der Waals surface area contributed by atoms with Crippen molar-refractivity contribution in [3.63, 3.8) is 0 Å². The Hall–Kier alpha value is -1.27. The second-order valence-corrected chi connectivity index (χ2v) is 5.67. The summed E-state index contributed by atoms with van der Waals surface area (Å²) in [6.45, 7) is 1.94. The summed E-state index contributed by atoms with van der Waals surface area (Å²) in [5.41, 5.74) is 5.22. The molecule has 1 fully saturated rings. The third-order valence-electron chi connectivity index (χ3n) is 3.97. The molecule has 3 nitrogen and oxygen atoms in total. The van der Waals surface area contributed by atoms with E-state index in [-0.39, 0.29) is 24.4 Å². The van der Waals surface area contributed by atoms with Crippen LogP contribution in [0.3, 0.4) is 0 Å². The van der Waals surface area contributed by atoms with Crippen LogP contribution in [0.15, 0.2) is 18.2 Å². The van der Waals surface area contributed by atoms with Gasteiger partial charge in [-0.05, 0) is 49.4 Å². The summed E-state index contributed by atoms with van der Waals surface area (Å²) in [5, 5.41) is 8.99. The van der Waals surface area contributed by atoms with Crippen molar-refractivity contribution in [2.75, 3.05) is 25.4 Å². The molecule has 1 heterocycles. The molecule has 1 aromatic rings. The summed E-state index contributed by atoms with van der Waals surface area (Å²) in [6, 6.07) is 3.98.